The molecule has 2 N–H and O–H groups in total. The van der Waals surface area contributed by atoms with Gasteiger partial charge in [0.15, 0.2) is 0 Å². The summed E-state index contributed by atoms with van der Waals surface area (Å²) in [4.78, 5) is 12.2. The highest BCUT2D eigenvalue weighted by atomic mass is 16.1. The topological polar surface area (TPSA) is 41.1 Å². The summed E-state index contributed by atoms with van der Waals surface area (Å²) in [5.41, 5.74) is 6.57. The molecule has 0 aliphatic heterocycles. The summed E-state index contributed by atoms with van der Waals surface area (Å²) < 4.78 is 0. The number of carbonyl (C=O) groups is 1. The number of anilines is 2. The summed E-state index contributed by atoms with van der Waals surface area (Å²) in [6, 6.07) is 12.3. The van der Waals surface area contributed by atoms with Crippen LogP contribution in [-0.2, 0) is 11.2 Å². The van der Waals surface area contributed by atoms with Gasteiger partial charge in [-0.1, -0.05) is 42.8 Å². The Bertz CT molecular complexity index is 654. The first kappa shape index (κ1) is 16.1. The van der Waals surface area contributed by atoms with E-state index in [4.69, 9.17) is 0 Å². The number of hydrogen-bond acceptors (Lipinski definition) is 2. The van der Waals surface area contributed by atoms with Crippen molar-refractivity contribution in [1.29, 1.82) is 0 Å². The third kappa shape index (κ3) is 3.88. The molecule has 116 valence electrons. The number of carbonyl (C=O) groups excluding carboxylic acids is 1. The van der Waals surface area contributed by atoms with E-state index in [1.807, 2.05) is 32.0 Å². The molecule has 0 heterocycles. The van der Waals surface area contributed by atoms with Crippen LogP contribution in [0.25, 0.3) is 0 Å². The fourth-order valence-electron chi connectivity index (χ4n) is 2.74. The molecule has 2 rings (SSSR count). The normalized spacial score (nSPS) is 10.4. The number of aryl methyl sites for hydroxylation is 4. The van der Waals surface area contributed by atoms with Crippen molar-refractivity contribution in [3.05, 3.63) is 58.7 Å². The van der Waals surface area contributed by atoms with Gasteiger partial charge in [0.1, 0.15) is 0 Å². The predicted octanol–water partition coefficient (Wildman–Crippen LogP) is 4.22. The van der Waals surface area contributed by atoms with Gasteiger partial charge in [0.05, 0.1) is 6.54 Å². The second-order valence-electron chi connectivity index (χ2n) is 5.69. The molecular weight excluding hydrogens is 272 g/mol. The molecule has 0 aliphatic rings. The molecule has 2 aromatic rings. The first-order chi connectivity index (χ1) is 10.5. The van der Waals surface area contributed by atoms with E-state index in [1.54, 1.807) is 0 Å². The molecule has 1 amide bonds. The minimum atomic E-state index is -0.0269. The standard InChI is InChI=1S/C19H24N2O/c1-5-16-8-6-7-9-17(16)20-12-18(22)21-19-14(3)10-13(2)11-15(19)4/h6-11,20H,5,12H2,1-4H3,(H,21,22). The summed E-state index contributed by atoms with van der Waals surface area (Å²) in [6.45, 7) is 8.49. The van der Waals surface area contributed by atoms with Crippen LogP contribution >= 0.6 is 0 Å². The molecule has 0 aromatic heterocycles. The molecule has 0 radical (unpaired) electrons. The summed E-state index contributed by atoms with van der Waals surface area (Å²) >= 11 is 0. The number of amides is 1. The minimum Gasteiger partial charge on any atom is -0.376 e. The largest absolute Gasteiger partial charge is 0.376 e. The number of nitrogens with one attached hydrogen (secondary N) is 2. The Morgan fingerprint density at radius 2 is 1.68 bits per heavy atom. The third-order valence-corrected chi connectivity index (χ3v) is 3.78. The SMILES string of the molecule is CCc1ccccc1NCC(=O)Nc1c(C)cc(C)cc1C. The number of rotatable bonds is 5. The van der Waals surface area contributed by atoms with Crippen molar-refractivity contribution in [3.8, 4) is 0 Å². The molecule has 0 aliphatic carbocycles. The van der Waals surface area contributed by atoms with Crippen molar-refractivity contribution in [2.24, 2.45) is 0 Å². The molecule has 0 saturated heterocycles. The lowest BCUT2D eigenvalue weighted by Crippen LogP contribution is -2.23. The van der Waals surface area contributed by atoms with Gasteiger partial charge in [0.2, 0.25) is 5.91 Å². The molecule has 0 bridgehead atoms. The van der Waals surface area contributed by atoms with E-state index < -0.39 is 0 Å². The van der Waals surface area contributed by atoms with E-state index in [9.17, 15) is 4.79 Å². The van der Waals surface area contributed by atoms with Crippen molar-refractivity contribution in [3.63, 3.8) is 0 Å². The molecule has 2 aromatic carbocycles. The van der Waals surface area contributed by atoms with E-state index in [1.165, 1.54) is 11.1 Å². The number of hydrogen-bond donors (Lipinski definition) is 2. The second kappa shape index (κ2) is 7.12. The highest BCUT2D eigenvalue weighted by Gasteiger charge is 2.09. The highest BCUT2D eigenvalue weighted by molar-refractivity contribution is 5.95. The summed E-state index contributed by atoms with van der Waals surface area (Å²) in [7, 11) is 0. The zero-order chi connectivity index (χ0) is 16.1. The number of benzene rings is 2. The van der Waals surface area contributed by atoms with Crippen molar-refractivity contribution in [2.45, 2.75) is 34.1 Å². The monoisotopic (exact) mass is 296 g/mol. The van der Waals surface area contributed by atoms with Crippen LogP contribution in [0.5, 0.6) is 0 Å². The number of para-hydroxylation sites is 1. The molecule has 3 heteroatoms. The maximum absolute atomic E-state index is 12.2. The smallest absolute Gasteiger partial charge is 0.243 e. The van der Waals surface area contributed by atoms with Crippen LogP contribution in [0.3, 0.4) is 0 Å². The zero-order valence-electron chi connectivity index (χ0n) is 13.8. The van der Waals surface area contributed by atoms with Crippen molar-refractivity contribution < 1.29 is 4.79 Å². The van der Waals surface area contributed by atoms with Crippen LogP contribution in [0.4, 0.5) is 11.4 Å². The van der Waals surface area contributed by atoms with E-state index >= 15 is 0 Å². The Morgan fingerprint density at radius 1 is 1.05 bits per heavy atom. The molecule has 0 spiro atoms. The quantitative estimate of drug-likeness (QED) is 0.867. The van der Waals surface area contributed by atoms with Crippen LogP contribution < -0.4 is 10.6 Å². The summed E-state index contributed by atoms with van der Waals surface area (Å²) in [5.74, 6) is -0.0269. The van der Waals surface area contributed by atoms with Crippen LogP contribution in [0.1, 0.15) is 29.2 Å². The molecule has 0 unspecified atom stereocenters. The molecule has 22 heavy (non-hydrogen) atoms. The Hall–Kier alpha value is -2.29. The molecule has 0 fully saturated rings. The molecule has 0 saturated carbocycles. The maximum Gasteiger partial charge on any atom is 0.243 e. The van der Waals surface area contributed by atoms with Gasteiger partial charge in [-0.2, -0.15) is 0 Å². The van der Waals surface area contributed by atoms with Crippen LogP contribution in [-0.4, -0.2) is 12.5 Å². The third-order valence-electron chi connectivity index (χ3n) is 3.78. The van der Waals surface area contributed by atoms with Crippen LogP contribution in [0.2, 0.25) is 0 Å². The van der Waals surface area contributed by atoms with Crippen molar-refractivity contribution >= 4 is 17.3 Å². The molecule has 3 nitrogen and oxygen atoms in total. The van der Waals surface area contributed by atoms with Gasteiger partial charge in [-0.3, -0.25) is 4.79 Å². The van der Waals surface area contributed by atoms with Crippen LogP contribution in [0.15, 0.2) is 36.4 Å². The molecule has 0 atom stereocenters. The fourth-order valence-corrected chi connectivity index (χ4v) is 2.74. The minimum absolute atomic E-state index is 0.0269. The lowest BCUT2D eigenvalue weighted by atomic mass is 10.1. The van der Waals surface area contributed by atoms with Gasteiger partial charge in [-0.15, -0.1) is 0 Å². The average Bonchev–Trinajstić information content (AvgIpc) is 2.49. The maximum atomic E-state index is 12.2. The summed E-state index contributed by atoms with van der Waals surface area (Å²) in [6.07, 6.45) is 0.945. The lowest BCUT2D eigenvalue weighted by molar-refractivity contribution is -0.114. The Labute approximate surface area is 132 Å². The Balaban J connectivity index is 2.02. The van der Waals surface area contributed by atoms with Gasteiger partial charge in [-0.25, -0.2) is 0 Å². The van der Waals surface area contributed by atoms with Crippen molar-refractivity contribution in [2.75, 3.05) is 17.2 Å². The van der Waals surface area contributed by atoms with E-state index in [0.717, 1.165) is 28.9 Å². The fraction of sp³-hybridized carbons (Fsp3) is 0.316. The summed E-state index contributed by atoms with van der Waals surface area (Å²) in [5, 5.41) is 6.23. The first-order valence-electron chi connectivity index (χ1n) is 7.70. The van der Waals surface area contributed by atoms with E-state index in [-0.39, 0.29) is 12.5 Å². The van der Waals surface area contributed by atoms with Crippen LogP contribution in [0, 0.1) is 20.8 Å². The van der Waals surface area contributed by atoms with E-state index in [2.05, 4.69) is 42.7 Å². The van der Waals surface area contributed by atoms with Gasteiger partial charge >= 0.3 is 0 Å². The van der Waals surface area contributed by atoms with Gasteiger partial charge in [0.25, 0.3) is 0 Å². The van der Waals surface area contributed by atoms with Gasteiger partial charge in [-0.05, 0) is 49.9 Å². The molecular formula is C19H24N2O. The second-order valence-corrected chi connectivity index (χ2v) is 5.69. The van der Waals surface area contributed by atoms with Gasteiger partial charge in [0, 0.05) is 11.4 Å². The van der Waals surface area contributed by atoms with E-state index in [0.29, 0.717) is 0 Å². The average molecular weight is 296 g/mol. The first-order valence-corrected chi connectivity index (χ1v) is 7.70. The van der Waals surface area contributed by atoms with Gasteiger partial charge < -0.3 is 10.6 Å². The van der Waals surface area contributed by atoms with Crippen molar-refractivity contribution in [1.82, 2.24) is 0 Å². The Morgan fingerprint density at radius 3 is 2.32 bits per heavy atom. The zero-order valence-corrected chi connectivity index (χ0v) is 13.8. The Kier molecular flexibility index (Phi) is 5.21. The predicted molar refractivity (Wildman–Crippen MR) is 93.6 cm³/mol. The highest BCUT2D eigenvalue weighted by Crippen LogP contribution is 2.22. The lowest BCUT2D eigenvalue weighted by Gasteiger charge is -2.14.